The number of amides is 2. The van der Waals surface area contributed by atoms with Crippen molar-refractivity contribution in [3.05, 3.63) is 42.5 Å². The summed E-state index contributed by atoms with van der Waals surface area (Å²) in [6.07, 6.45) is -0.430. The molecule has 3 N–H and O–H groups in total. The van der Waals surface area contributed by atoms with E-state index in [0.717, 1.165) is 10.8 Å². The second-order valence-corrected chi connectivity index (χ2v) is 5.52. The van der Waals surface area contributed by atoms with Gasteiger partial charge in [0.1, 0.15) is 5.75 Å². The van der Waals surface area contributed by atoms with E-state index in [1.807, 2.05) is 42.5 Å². The van der Waals surface area contributed by atoms with Crippen molar-refractivity contribution in [2.24, 2.45) is 0 Å². The molecule has 0 aliphatic carbocycles. The van der Waals surface area contributed by atoms with Gasteiger partial charge in [0.2, 0.25) is 5.91 Å². The maximum Gasteiger partial charge on any atom is 0.279 e. The molecule has 1 atom stereocenters. The summed E-state index contributed by atoms with van der Waals surface area (Å²) < 4.78 is 5.64. The van der Waals surface area contributed by atoms with E-state index in [0.29, 0.717) is 12.2 Å². The topological polar surface area (TPSA) is 79.5 Å². The number of hydrogen-bond donors (Lipinski definition) is 3. The number of carbonyl (C=O) groups excluding carboxylic acids is 2. The van der Waals surface area contributed by atoms with E-state index in [4.69, 9.17) is 17.0 Å². The number of carbonyl (C=O) groups is 2. The zero-order chi connectivity index (χ0) is 17.5. The summed E-state index contributed by atoms with van der Waals surface area (Å²) in [5.41, 5.74) is 4.86. The molecule has 0 unspecified atom stereocenters. The highest BCUT2D eigenvalue weighted by Crippen LogP contribution is 2.21. The lowest BCUT2D eigenvalue weighted by molar-refractivity contribution is -0.128. The molecule has 0 aliphatic rings. The molecule has 2 aromatic rings. The van der Waals surface area contributed by atoms with E-state index in [-0.39, 0.29) is 11.0 Å². The molecular formula is C17H19N3O3S. The first-order chi connectivity index (χ1) is 11.5. The van der Waals surface area contributed by atoms with Crippen molar-refractivity contribution >= 4 is 39.9 Å². The molecule has 0 heterocycles. The van der Waals surface area contributed by atoms with Crippen molar-refractivity contribution in [1.29, 1.82) is 0 Å². The maximum atomic E-state index is 12.0. The molecule has 6 nitrogen and oxygen atoms in total. The largest absolute Gasteiger partial charge is 0.481 e. The lowest BCUT2D eigenvalue weighted by Gasteiger charge is -2.16. The summed E-state index contributed by atoms with van der Waals surface area (Å²) in [6.45, 7) is 3.33. The SMILES string of the molecule is CCC(=O)NC(=S)NNC(=O)[C@H](C)Oc1ccc2ccccc2c1. The van der Waals surface area contributed by atoms with Gasteiger partial charge in [-0.15, -0.1) is 0 Å². The minimum atomic E-state index is -0.733. The van der Waals surface area contributed by atoms with Crippen LogP contribution in [0.5, 0.6) is 5.75 Å². The summed E-state index contributed by atoms with van der Waals surface area (Å²) in [4.78, 5) is 23.2. The van der Waals surface area contributed by atoms with Gasteiger partial charge in [0.15, 0.2) is 11.2 Å². The van der Waals surface area contributed by atoms with Gasteiger partial charge in [-0.05, 0) is 42.0 Å². The molecule has 2 aromatic carbocycles. The lowest BCUT2D eigenvalue weighted by atomic mass is 10.1. The van der Waals surface area contributed by atoms with Crippen LogP contribution in [0.25, 0.3) is 10.8 Å². The standard InChI is InChI=1S/C17H19N3O3S/c1-3-15(21)18-17(24)20-19-16(22)11(2)23-14-9-8-12-6-4-5-7-13(12)10-14/h4-11H,3H2,1-2H3,(H,19,22)(H2,18,20,21,24)/t11-/m0/s1. The van der Waals surface area contributed by atoms with E-state index in [1.54, 1.807) is 13.8 Å². The predicted octanol–water partition coefficient (Wildman–Crippen LogP) is 2.04. The van der Waals surface area contributed by atoms with E-state index in [2.05, 4.69) is 16.2 Å². The number of hydrogen-bond acceptors (Lipinski definition) is 4. The molecule has 24 heavy (non-hydrogen) atoms. The molecule has 0 saturated carbocycles. The first-order valence-corrected chi connectivity index (χ1v) is 7.95. The molecular weight excluding hydrogens is 326 g/mol. The second kappa shape index (κ2) is 8.26. The minimum absolute atomic E-state index is 0.0353. The van der Waals surface area contributed by atoms with Crippen LogP contribution < -0.4 is 20.9 Å². The maximum absolute atomic E-state index is 12.0. The van der Waals surface area contributed by atoms with Gasteiger partial charge >= 0.3 is 0 Å². The van der Waals surface area contributed by atoms with Gasteiger partial charge in [0.05, 0.1) is 0 Å². The first-order valence-electron chi connectivity index (χ1n) is 7.54. The Kier molecular flexibility index (Phi) is 6.08. The third-order valence-corrected chi connectivity index (χ3v) is 3.48. The smallest absolute Gasteiger partial charge is 0.279 e. The molecule has 2 rings (SSSR count). The van der Waals surface area contributed by atoms with Crippen LogP contribution in [0.1, 0.15) is 20.3 Å². The number of fused-ring (bicyclic) bond motifs is 1. The lowest BCUT2D eigenvalue weighted by Crippen LogP contribution is -2.51. The average Bonchev–Trinajstić information content (AvgIpc) is 2.59. The Morgan fingerprint density at radius 2 is 1.83 bits per heavy atom. The van der Waals surface area contributed by atoms with E-state index >= 15 is 0 Å². The molecule has 0 saturated heterocycles. The summed E-state index contributed by atoms with van der Waals surface area (Å²) >= 11 is 4.89. The fourth-order valence-electron chi connectivity index (χ4n) is 1.96. The van der Waals surface area contributed by atoms with Crippen molar-refractivity contribution in [2.45, 2.75) is 26.4 Å². The Morgan fingerprint density at radius 1 is 1.12 bits per heavy atom. The van der Waals surface area contributed by atoms with Crippen LogP contribution in [0, 0.1) is 0 Å². The van der Waals surface area contributed by atoms with Crippen LogP contribution in [0.15, 0.2) is 42.5 Å². The fourth-order valence-corrected chi connectivity index (χ4v) is 2.13. The first kappa shape index (κ1) is 17.7. The van der Waals surface area contributed by atoms with Gasteiger partial charge in [-0.25, -0.2) is 0 Å². The number of hydrazine groups is 1. The highest BCUT2D eigenvalue weighted by Gasteiger charge is 2.15. The van der Waals surface area contributed by atoms with Crippen molar-refractivity contribution in [3.8, 4) is 5.75 Å². The fraction of sp³-hybridized carbons (Fsp3) is 0.235. The quantitative estimate of drug-likeness (QED) is 0.584. The molecule has 0 fully saturated rings. The Bertz CT molecular complexity index is 764. The molecule has 126 valence electrons. The summed E-state index contributed by atoms with van der Waals surface area (Å²) in [5.74, 6) is -0.0447. The van der Waals surface area contributed by atoms with E-state index in [1.165, 1.54) is 0 Å². The number of thiocarbonyl (C=S) groups is 1. The minimum Gasteiger partial charge on any atom is -0.481 e. The summed E-state index contributed by atoms with van der Waals surface area (Å²) in [7, 11) is 0. The van der Waals surface area contributed by atoms with Crippen LogP contribution >= 0.6 is 12.2 Å². The van der Waals surface area contributed by atoms with E-state index in [9.17, 15) is 9.59 Å². The summed E-state index contributed by atoms with van der Waals surface area (Å²) in [6, 6.07) is 13.5. The monoisotopic (exact) mass is 345 g/mol. The molecule has 2 amide bonds. The highest BCUT2D eigenvalue weighted by molar-refractivity contribution is 7.80. The van der Waals surface area contributed by atoms with Gasteiger partial charge in [0.25, 0.3) is 5.91 Å². The number of ether oxygens (including phenoxy) is 1. The Morgan fingerprint density at radius 3 is 2.54 bits per heavy atom. The second-order valence-electron chi connectivity index (χ2n) is 5.11. The van der Waals surface area contributed by atoms with Crippen LogP contribution in [-0.2, 0) is 9.59 Å². The van der Waals surface area contributed by atoms with Crippen molar-refractivity contribution in [1.82, 2.24) is 16.2 Å². The van der Waals surface area contributed by atoms with Crippen molar-refractivity contribution in [3.63, 3.8) is 0 Å². The van der Waals surface area contributed by atoms with Crippen molar-refractivity contribution < 1.29 is 14.3 Å². The van der Waals surface area contributed by atoms with Crippen molar-refractivity contribution in [2.75, 3.05) is 0 Å². The third-order valence-electron chi connectivity index (χ3n) is 3.28. The number of nitrogens with one attached hydrogen (secondary N) is 3. The zero-order valence-electron chi connectivity index (χ0n) is 13.5. The van der Waals surface area contributed by atoms with Crippen LogP contribution in [0.4, 0.5) is 0 Å². The Hall–Kier alpha value is -2.67. The van der Waals surface area contributed by atoms with Gasteiger partial charge in [-0.3, -0.25) is 20.4 Å². The molecule has 0 bridgehead atoms. The third kappa shape index (κ3) is 4.92. The number of benzene rings is 2. The van der Waals surface area contributed by atoms with Crippen LogP contribution in [-0.4, -0.2) is 23.0 Å². The van der Waals surface area contributed by atoms with Crippen LogP contribution in [0.3, 0.4) is 0 Å². The molecule has 0 aliphatic heterocycles. The van der Waals surface area contributed by atoms with Gasteiger partial charge < -0.3 is 10.1 Å². The number of rotatable bonds is 4. The van der Waals surface area contributed by atoms with Gasteiger partial charge in [0, 0.05) is 6.42 Å². The van der Waals surface area contributed by atoms with Gasteiger partial charge in [-0.1, -0.05) is 37.3 Å². The zero-order valence-corrected chi connectivity index (χ0v) is 14.3. The molecule has 7 heteroatoms. The van der Waals surface area contributed by atoms with Gasteiger partial charge in [-0.2, -0.15) is 0 Å². The normalized spacial score (nSPS) is 11.4. The average molecular weight is 345 g/mol. The molecule has 0 spiro atoms. The molecule has 0 radical (unpaired) electrons. The Balaban J connectivity index is 1.88. The summed E-state index contributed by atoms with van der Waals surface area (Å²) in [5, 5.41) is 4.58. The molecule has 0 aromatic heterocycles. The van der Waals surface area contributed by atoms with E-state index < -0.39 is 12.0 Å². The van der Waals surface area contributed by atoms with Crippen LogP contribution in [0.2, 0.25) is 0 Å². The highest BCUT2D eigenvalue weighted by atomic mass is 32.1. The Labute approximate surface area is 145 Å². The predicted molar refractivity (Wildman–Crippen MR) is 96.3 cm³/mol.